The Hall–Kier alpha value is 0.396. The van der Waals surface area contributed by atoms with Gasteiger partial charge in [0, 0.05) is 0 Å². The van der Waals surface area contributed by atoms with Gasteiger partial charge in [-0.25, -0.2) is 0 Å². The number of hydrogen-bond acceptors (Lipinski definition) is 1. The number of benzene rings is 1. The average molecular weight is 184 g/mol. The monoisotopic (exact) mass is 184 g/mol. The van der Waals surface area contributed by atoms with E-state index in [0.29, 0.717) is 0 Å². The van der Waals surface area contributed by atoms with Crippen LogP contribution in [-0.4, -0.2) is 0 Å². The van der Waals surface area contributed by atoms with Gasteiger partial charge >= 0.3 is 51.4 Å². The van der Waals surface area contributed by atoms with E-state index in [4.69, 9.17) is 0 Å². The van der Waals surface area contributed by atoms with Gasteiger partial charge < -0.3 is 5.11 Å². The van der Waals surface area contributed by atoms with Crippen molar-refractivity contribution in [2.75, 3.05) is 0 Å². The molecule has 2 heteroatoms. The largest absolute Gasteiger partial charge is 1.00 e. The van der Waals surface area contributed by atoms with Gasteiger partial charge in [-0.05, 0) is 24.5 Å². The minimum Gasteiger partial charge on any atom is -0.872 e. The molecular weight excluding hydrogens is 175 g/mol. The molecule has 0 radical (unpaired) electrons. The Morgan fingerprint density at radius 1 is 1.25 bits per heavy atom. The molecule has 0 unspecified atom stereocenters. The smallest absolute Gasteiger partial charge is 0.872 e. The first kappa shape index (κ1) is 10.5. The molecule has 0 amide bonds. The molecule has 0 bridgehead atoms. The van der Waals surface area contributed by atoms with Crippen LogP contribution in [0, 0.1) is 0 Å². The van der Waals surface area contributed by atoms with Crippen molar-refractivity contribution in [1.82, 2.24) is 0 Å². The molecule has 1 nitrogen and oxygen atoms in total. The Morgan fingerprint density at radius 3 is 2.58 bits per heavy atom. The summed E-state index contributed by atoms with van der Waals surface area (Å²) in [5.74, 6) is 0.223. The zero-order valence-corrected chi connectivity index (χ0v) is 10.5. The normalized spacial score (nSPS) is 14.1. The number of fused-ring (bicyclic) bond motifs is 1. The minimum atomic E-state index is 0. The maximum Gasteiger partial charge on any atom is 1.00 e. The van der Waals surface area contributed by atoms with Crippen LogP contribution in [0.15, 0.2) is 29.8 Å². The molecule has 0 heterocycles. The van der Waals surface area contributed by atoms with Crippen molar-refractivity contribution in [2.45, 2.75) is 13.3 Å². The molecule has 0 saturated carbocycles. The van der Waals surface area contributed by atoms with Crippen LogP contribution in [0.4, 0.5) is 0 Å². The van der Waals surface area contributed by atoms with Crippen LogP contribution in [0.5, 0.6) is 0 Å². The summed E-state index contributed by atoms with van der Waals surface area (Å²) in [5, 5.41) is 11.4. The van der Waals surface area contributed by atoms with E-state index in [0.717, 1.165) is 17.6 Å². The van der Waals surface area contributed by atoms with Crippen LogP contribution in [0.2, 0.25) is 0 Å². The van der Waals surface area contributed by atoms with Crippen molar-refractivity contribution < 1.29 is 56.5 Å². The second kappa shape index (κ2) is 4.07. The first-order valence-electron chi connectivity index (χ1n) is 3.74. The molecule has 2 rings (SSSR count). The predicted molar refractivity (Wildman–Crippen MR) is 42.7 cm³/mol. The second-order valence-electron chi connectivity index (χ2n) is 2.94. The van der Waals surface area contributed by atoms with E-state index in [-0.39, 0.29) is 57.1 Å². The van der Waals surface area contributed by atoms with Gasteiger partial charge in [-0.1, -0.05) is 29.8 Å². The zero-order chi connectivity index (χ0) is 7.84. The summed E-state index contributed by atoms with van der Waals surface area (Å²) >= 11 is 0. The minimum absolute atomic E-state index is 0. The maximum absolute atomic E-state index is 11.4. The van der Waals surface area contributed by atoms with Gasteiger partial charge in [0.05, 0.1) is 0 Å². The van der Waals surface area contributed by atoms with Crippen LogP contribution in [0.3, 0.4) is 0 Å². The molecule has 0 aliphatic heterocycles. The quantitative estimate of drug-likeness (QED) is 0.443. The Kier molecular flexibility index (Phi) is 3.55. The Morgan fingerprint density at radius 2 is 1.92 bits per heavy atom. The van der Waals surface area contributed by atoms with E-state index in [9.17, 15) is 5.11 Å². The second-order valence-corrected chi connectivity index (χ2v) is 2.94. The molecular formula is C10H9KO. The summed E-state index contributed by atoms with van der Waals surface area (Å²) in [6.07, 6.45) is 0.842. The predicted octanol–water partition coefficient (Wildman–Crippen LogP) is -1.66. The third-order valence-electron chi connectivity index (χ3n) is 2.11. The maximum atomic E-state index is 11.4. The standard InChI is InChI=1S/C10H10O.K/c1-7-6-8-4-2-3-5-9(8)10(7)11;/h2-5,11H,6H2,1H3;/q;+1/p-1. The van der Waals surface area contributed by atoms with Crippen molar-refractivity contribution in [3.63, 3.8) is 0 Å². The van der Waals surface area contributed by atoms with Crippen LogP contribution in [0.1, 0.15) is 18.1 Å². The molecule has 1 aromatic carbocycles. The van der Waals surface area contributed by atoms with Crippen molar-refractivity contribution in [1.29, 1.82) is 0 Å². The van der Waals surface area contributed by atoms with Crippen LogP contribution >= 0.6 is 0 Å². The summed E-state index contributed by atoms with van der Waals surface area (Å²) in [4.78, 5) is 0. The van der Waals surface area contributed by atoms with Gasteiger partial charge in [0.2, 0.25) is 0 Å². The van der Waals surface area contributed by atoms with E-state index in [2.05, 4.69) is 0 Å². The Labute approximate surface area is 115 Å². The fourth-order valence-corrected chi connectivity index (χ4v) is 1.49. The van der Waals surface area contributed by atoms with Crippen molar-refractivity contribution in [3.8, 4) is 0 Å². The van der Waals surface area contributed by atoms with Crippen LogP contribution < -0.4 is 56.5 Å². The van der Waals surface area contributed by atoms with E-state index in [1.54, 1.807) is 0 Å². The Balaban J connectivity index is 0.000000720. The van der Waals surface area contributed by atoms with Gasteiger partial charge in [-0.15, -0.1) is 5.76 Å². The fraction of sp³-hybridized carbons (Fsp3) is 0.200. The molecule has 56 valence electrons. The molecule has 1 aliphatic carbocycles. The average Bonchev–Trinajstić information content (AvgIpc) is 2.30. The Bertz CT molecular complexity index is 328. The summed E-state index contributed by atoms with van der Waals surface area (Å²) in [5.41, 5.74) is 3.03. The molecule has 0 saturated heterocycles. The molecule has 0 fully saturated rings. The SMILES string of the molecule is CC1=C([O-])c2ccccc2C1.[K+]. The van der Waals surface area contributed by atoms with Gasteiger partial charge in [-0.3, -0.25) is 0 Å². The van der Waals surface area contributed by atoms with Crippen LogP contribution in [0.25, 0.3) is 5.76 Å². The molecule has 12 heavy (non-hydrogen) atoms. The first-order chi connectivity index (χ1) is 5.29. The summed E-state index contributed by atoms with van der Waals surface area (Å²) in [6, 6.07) is 7.80. The number of rotatable bonds is 0. The fourth-order valence-electron chi connectivity index (χ4n) is 1.49. The number of allylic oxidation sites excluding steroid dienone is 1. The van der Waals surface area contributed by atoms with Gasteiger partial charge in [0.1, 0.15) is 0 Å². The zero-order valence-electron chi connectivity index (χ0n) is 7.42. The first-order valence-corrected chi connectivity index (χ1v) is 3.74. The third kappa shape index (κ3) is 1.68. The third-order valence-corrected chi connectivity index (χ3v) is 2.11. The molecule has 0 aromatic heterocycles. The molecule has 1 aromatic rings. The van der Waals surface area contributed by atoms with Gasteiger partial charge in [0.15, 0.2) is 0 Å². The van der Waals surface area contributed by atoms with E-state index in [1.807, 2.05) is 31.2 Å². The van der Waals surface area contributed by atoms with Crippen molar-refractivity contribution >= 4 is 5.76 Å². The van der Waals surface area contributed by atoms with Crippen molar-refractivity contribution in [3.05, 3.63) is 41.0 Å². The van der Waals surface area contributed by atoms with Crippen LogP contribution in [-0.2, 0) is 6.42 Å². The summed E-state index contributed by atoms with van der Waals surface area (Å²) in [6.45, 7) is 1.91. The number of hydrogen-bond donors (Lipinski definition) is 0. The van der Waals surface area contributed by atoms with E-state index >= 15 is 0 Å². The molecule has 0 spiro atoms. The molecule has 1 aliphatic rings. The summed E-state index contributed by atoms with van der Waals surface area (Å²) in [7, 11) is 0. The van der Waals surface area contributed by atoms with Crippen molar-refractivity contribution in [2.24, 2.45) is 0 Å². The van der Waals surface area contributed by atoms with E-state index in [1.165, 1.54) is 5.56 Å². The molecule has 0 atom stereocenters. The van der Waals surface area contributed by atoms with Gasteiger partial charge in [0.25, 0.3) is 0 Å². The van der Waals surface area contributed by atoms with E-state index < -0.39 is 0 Å². The van der Waals surface area contributed by atoms with Gasteiger partial charge in [-0.2, -0.15) is 0 Å². The topological polar surface area (TPSA) is 23.1 Å². The molecule has 0 N–H and O–H groups in total. The summed E-state index contributed by atoms with van der Waals surface area (Å²) < 4.78 is 0.